The van der Waals surface area contributed by atoms with Crippen LogP contribution in [0.4, 0.5) is 5.69 Å². The maximum atomic E-state index is 8.84. The van der Waals surface area contributed by atoms with E-state index in [1.807, 2.05) is 6.07 Å². The van der Waals surface area contributed by atoms with Gasteiger partial charge in [0.2, 0.25) is 0 Å². The first-order chi connectivity index (χ1) is 10.2. The molecule has 1 saturated carbocycles. The number of hydrogen-bond acceptors (Lipinski definition) is 2. The highest BCUT2D eigenvalue weighted by atomic mass is 35.5. The Morgan fingerprint density at radius 3 is 2.48 bits per heavy atom. The third kappa shape index (κ3) is 3.04. The number of nitrogens with zero attached hydrogens (tertiary/aromatic N) is 1. The van der Waals surface area contributed by atoms with Crippen molar-refractivity contribution >= 4 is 17.3 Å². The van der Waals surface area contributed by atoms with Gasteiger partial charge in [0.15, 0.2) is 0 Å². The van der Waals surface area contributed by atoms with Crippen molar-refractivity contribution in [1.82, 2.24) is 0 Å². The molecule has 106 valence electrons. The van der Waals surface area contributed by atoms with Crippen molar-refractivity contribution in [3.05, 3.63) is 64.2 Å². The summed E-state index contributed by atoms with van der Waals surface area (Å²) in [6, 6.07) is 16.8. The molecule has 21 heavy (non-hydrogen) atoms. The Kier molecular flexibility index (Phi) is 3.86. The Morgan fingerprint density at radius 1 is 1.14 bits per heavy atom. The molecular formula is C18H17ClN2. The summed E-state index contributed by atoms with van der Waals surface area (Å²) in [5, 5.41) is 12.9. The highest BCUT2D eigenvalue weighted by molar-refractivity contribution is 6.33. The molecule has 0 radical (unpaired) electrons. The molecule has 0 bridgehead atoms. The number of benzene rings is 2. The molecule has 0 atom stereocenters. The second-order valence-electron chi connectivity index (χ2n) is 5.73. The molecule has 1 fully saturated rings. The lowest BCUT2D eigenvalue weighted by atomic mass is 9.75. The number of nitrogens with one attached hydrogen (secondary N) is 1. The molecule has 1 N–H and O–H groups in total. The highest BCUT2D eigenvalue weighted by Crippen LogP contribution is 2.39. The number of nitriles is 1. The molecule has 1 aliphatic carbocycles. The molecule has 3 heteroatoms. The minimum absolute atomic E-state index is 0.460. The summed E-state index contributed by atoms with van der Waals surface area (Å²) in [5.74, 6) is 0.639. The van der Waals surface area contributed by atoms with Crippen LogP contribution in [0.5, 0.6) is 0 Å². The van der Waals surface area contributed by atoms with Gasteiger partial charge in [-0.1, -0.05) is 41.4 Å². The van der Waals surface area contributed by atoms with Gasteiger partial charge in [-0.15, -0.1) is 0 Å². The van der Waals surface area contributed by atoms with Crippen LogP contribution in [0.2, 0.25) is 5.02 Å². The maximum Gasteiger partial charge on any atom is 0.0992 e. The Labute approximate surface area is 130 Å². The van der Waals surface area contributed by atoms with Gasteiger partial charge in [-0.25, -0.2) is 0 Å². The van der Waals surface area contributed by atoms with Gasteiger partial charge in [0, 0.05) is 6.04 Å². The average molecular weight is 297 g/mol. The second-order valence-corrected chi connectivity index (χ2v) is 6.13. The van der Waals surface area contributed by atoms with E-state index in [9.17, 15) is 0 Å². The van der Waals surface area contributed by atoms with Gasteiger partial charge >= 0.3 is 0 Å². The zero-order valence-electron chi connectivity index (χ0n) is 11.9. The number of halogens is 1. The van der Waals surface area contributed by atoms with Gasteiger partial charge in [0.1, 0.15) is 0 Å². The van der Waals surface area contributed by atoms with Crippen LogP contribution in [0, 0.1) is 18.3 Å². The average Bonchev–Trinajstić information content (AvgIpc) is 2.45. The van der Waals surface area contributed by atoms with Crippen LogP contribution in [0.15, 0.2) is 42.5 Å². The molecule has 2 aromatic carbocycles. The molecule has 0 aromatic heterocycles. The summed E-state index contributed by atoms with van der Waals surface area (Å²) in [7, 11) is 0. The van der Waals surface area contributed by atoms with Gasteiger partial charge in [0.25, 0.3) is 0 Å². The minimum atomic E-state index is 0.460. The minimum Gasteiger partial charge on any atom is -0.381 e. The first kappa shape index (κ1) is 14.0. The lowest BCUT2D eigenvalue weighted by Gasteiger charge is -2.37. The Balaban J connectivity index is 1.60. The van der Waals surface area contributed by atoms with Crippen LogP contribution < -0.4 is 5.32 Å². The number of hydrogen-bond donors (Lipinski definition) is 1. The zero-order chi connectivity index (χ0) is 14.8. The van der Waals surface area contributed by atoms with Crippen molar-refractivity contribution in [3.63, 3.8) is 0 Å². The second kappa shape index (κ2) is 5.79. The van der Waals surface area contributed by atoms with Crippen molar-refractivity contribution in [2.75, 3.05) is 5.32 Å². The fourth-order valence-electron chi connectivity index (χ4n) is 2.77. The van der Waals surface area contributed by atoms with Crippen LogP contribution in [0.25, 0.3) is 0 Å². The first-order valence-electron chi connectivity index (χ1n) is 7.18. The highest BCUT2D eigenvalue weighted by Gasteiger charge is 2.30. The predicted molar refractivity (Wildman–Crippen MR) is 86.7 cm³/mol. The first-order valence-corrected chi connectivity index (χ1v) is 7.56. The van der Waals surface area contributed by atoms with E-state index in [4.69, 9.17) is 16.9 Å². The summed E-state index contributed by atoms with van der Waals surface area (Å²) in [4.78, 5) is 0. The molecular weight excluding hydrogens is 280 g/mol. The van der Waals surface area contributed by atoms with Gasteiger partial charge in [-0.3, -0.25) is 0 Å². The quantitative estimate of drug-likeness (QED) is 0.876. The summed E-state index contributed by atoms with van der Waals surface area (Å²) in [6.45, 7) is 2.11. The molecule has 0 unspecified atom stereocenters. The fourth-order valence-corrected chi connectivity index (χ4v) is 3.00. The van der Waals surface area contributed by atoms with Gasteiger partial charge in [0.05, 0.1) is 22.3 Å². The van der Waals surface area contributed by atoms with Crippen LogP contribution in [0.1, 0.15) is 35.4 Å². The summed E-state index contributed by atoms with van der Waals surface area (Å²) in [5.41, 5.74) is 4.24. The lowest BCUT2D eigenvalue weighted by Crippen LogP contribution is -2.34. The molecule has 0 spiro atoms. The summed E-state index contributed by atoms with van der Waals surface area (Å²) < 4.78 is 0. The number of aryl methyl sites for hydroxylation is 1. The fraction of sp³-hybridized carbons (Fsp3) is 0.278. The van der Waals surface area contributed by atoms with Crippen LogP contribution in [-0.4, -0.2) is 6.04 Å². The van der Waals surface area contributed by atoms with E-state index in [1.165, 1.54) is 11.1 Å². The third-order valence-electron chi connectivity index (χ3n) is 4.14. The third-order valence-corrected chi connectivity index (χ3v) is 4.46. The Morgan fingerprint density at radius 2 is 1.86 bits per heavy atom. The largest absolute Gasteiger partial charge is 0.381 e. The van der Waals surface area contributed by atoms with Crippen molar-refractivity contribution in [1.29, 1.82) is 5.26 Å². The zero-order valence-corrected chi connectivity index (χ0v) is 12.7. The van der Waals surface area contributed by atoms with E-state index in [1.54, 1.807) is 12.1 Å². The lowest BCUT2D eigenvalue weighted by molar-refractivity contribution is 0.374. The van der Waals surface area contributed by atoms with Gasteiger partial charge in [-0.05, 0) is 49.4 Å². The van der Waals surface area contributed by atoms with E-state index < -0.39 is 0 Å². The molecule has 1 aliphatic rings. The smallest absolute Gasteiger partial charge is 0.0992 e. The van der Waals surface area contributed by atoms with E-state index in [-0.39, 0.29) is 0 Å². The monoisotopic (exact) mass is 296 g/mol. The summed E-state index contributed by atoms with van der Waals surface area (Å²) in [6.07, 6.45) is 2.25. The normalized spacial score (nSPS) is 20.4. The topological polar surface area (TPSA) is 35.8 Å². The molecule has 2 nitrogen and oxygen atoms in total. The van der Waals surface area contributed by atoms with Crippen LogP contribution >= 0.6 is 11.6 Å². The Hall–Kier alpha value is -1.98. The predicted octanol–water partition coefficient (Wildman–Crippen LogP) is 4.88. The maximum absolute atomic E-state index is 8.84. The van der Waals surface area contributed by atoms with Gasteiger partial charge in [-0.2, -0.15) is 5.26 Å². The number of anilines is 1. The van der Waals surface area contributed by atoms with Crippen LogP contribution in [-0.2, 0) is 0 Å². The van der Waals surface area contributed by atoms with E-state index in [0.29, 0.717) is 22.5 Å². The number of rotatable bonds is 3. The van der Waals surface area contributed by atoms with Crippen molar-refractivity contribution < 1.29 is 0 Å². The molecule has 0 amide bonds. The van der Waals surface area contributed by atoms with Crippen molar-refractivity contribution in [3.8, 4) is 6.07 Å². The van der Waals surface area contributed by atoms with Crippen molar-refractivity contribution in [2.24, 2.45) is 0 Å². The Bertz CT molecular complexity index is 679. The van der Waals surface area contributed by atoms with E-state index in [0.717, 1.165) is 18.5 Å². The van der Waals surface area contributed by atoms with Gasteiger partial charge < -0.3 is 5.32 Å². The standard InChI is InChI=1S/C18H17ClN2/c1-12-2-5-14(6-3-12)15-9-16(10-15)21-18-7-4-13(11-20)8-17(18)19/h2-8,15-16,21H,9-10H2,1H3. The molecule has 2 aromatic rings. The van der Waals surface area contributed by atoms with Crippen LogP contribution in [0.3, 0.4) is 0 Å². The summed E-state index contributed by atoms with van der Waals surface area (Å²) >= 11 is 6.19. The van der Waals surface area contributed by atoms with E-state index in [2.05, 4.69) is 42.6 Å². The molecule has 0 heterocycles. The van der Waals surface area contributed by atoms with E-state index >= 15 is 0 Å². The van der Waals surface area contributed by atoms with Crippen molar-refractivity contribution in [2.45, 2.75) is 31.7 Å². The SMILES string of the molecule is Cc1ccc(C2CC(Nc3ccc(C#N)cc3Cl)C2)cc1. The molecule has 0 saturated heterocycles. The molecule has 3 rings (SSSR count). The molecule has 0 aliphatic heterocycles.